The normalized spacial score (nSPS) is 17.2. The van der Waals surface area contributed by atoms with E-state index in [2.05, 4.69) is 25.1 Å². The van der Waals surface area contributed by atoms with E-state index in [1.807, 2.05) is 0 Å². The average molecular weight is 203 g/mol. The molecule has 1 heteroatoms. The van der Waals surface area contributed by atoms with Gasteiger partial charge < -0.3 is 5.73 Å². The second-order valence-electron chi connectivity index (χ2n) is 4.78. The molecular weight excluding hydrogens is 182 g/mol. The van der Waals surface area contributed by atoms with Crippen LogP contribution >= 0.6 is 0 Å². The molecule has 1 aliphatic rings. The molecule has 0 saturated carbocycles. The van der Waals surface area contributed by atoms with Crippen molar-refractivity contribution in [3.63, 3.8) is 0 Å². The van der Waals surface area contributed by atoms with E-state index in [9.17, 15) is 0 Å². The molecule has 0 bridgehead atoms. The van der Waals surface area contributed by atoms with Gasteiger partial charge in [0.1, 0.15) is 0 Å². The quantitative estimate of drug-likeness (QED) is 0.803. The molecule has 82 valence electrons. The van der Waals surface area contributed by atoms with Crippen molar-refractivity contribution in [2.24, 2.45) is 5.73 Å². The molecule has 0 saturated heterocycles. The molecule has 2 N–H and O–H groups in total. The number of aryl methyl sites for hydroxylation is 2. The number of hydrogen-bond acceptors (Lipinski definition) is 1. The van der Waals surface area contributed by atoms with Gasteiger partial charge in [0.25, 0.3) is 0 Å². The molecule has 1 aliphatic carbocycles. The van der Waals surface area contributed by atoms with Crippen LogP contribution in [0.15, 0.2) is 18.2 Å². The van der Waals surface area contributed by atoms with Crippen molar-refractivity contribution in [2.75, 3.05) is 0 Å². The van der Waals surface area contributed by atoms with Gasteiger partial charge in [-0.15, -0.1) is 0 Å². The number of rotatable bonds is 3. The third-order valence-electron chi connectivity index (χ3n) is 3.36. The standard InChI is InChI=1S/C14H21N/c1-11(15)9-10-13-7-4-6-12-5-2-3-8-14(12)13/h4,6-7,11H,2-3,5,8-10,15H2,1H3. The number of fused-ring (bicyclic) bond motifs is 1. The Kier molecular flexibility index (Phi) is 3.42. The maximum absolute atomic E-state index is 5.82. The van der Waals surface area contributed by atoms with E-state index in [4.69, 9.17) is 5.73 Å². The molecule has 0 radical (unpaired) electrons. The van der Waals surface area contributed by atoms with E-state index in [0.29, 0.717) is 6.04 Å². The molecule has 1 aromatic rings. The Morgan fingerprint density at radius 1 is 1.27 bits per heavy atom. The maximum atomic E-state index is 5.82. The van der Waals surface area contributed by atoms with E-state index in [1.165, 1.54) is 25.7 Å². The Hall–Kier alpha value is -0.820. The largest absolute Gasteiger partial charge is 0.328 e. The van der Waals surface area contributed by atoms with Gasteiger partial charge in [0.2, 0.25) is 0 Å². The van der Waals surface area contributed by atoms with Gasteiger partial charge >= 0.3 is 0 Å². The first-order valence-electron chi connectivity index (χ1n) is 6.12. The zero-order chi connectivity index (χ0) is 10.7. The Bertz CT molecular complexity index is 328. The van der Waals surface area contributed by atoms with Gasteiger partial charge in [0.05, 0.1) is 0 Å². The average Bonchev–Trinajstić information content (AvgIpc) is 2.26. The van der Waals surface area contributed by atoms with Crippen molar-refractivity contribution in [3.05, 3.63) is 34.9 Å². The third kappa shape index (κ3) is 2.60. The highest BCUT2D eigenvalue weighted by Crippen LogP contribution is 2.25. The summed E-state index contributed by atoms with van der Waals surface area (Å²) in [6.45, 7) is 2.09. The number of hydrogen-bond donors (Lipinski definition) is 1. The molecule has 0 heterocycles. The van der Waals surface area contributed by atoms with Crippen LogP contribution < -0.4 is 5.73 Å². The van der Waals surface area contributed by atoms with Crippen LogP contribution in [0.2, 0.25) is 0 Å². The predicted molar refractivity (Wildman–Crippen MR) is 65.1 cm³/mol. The highest BCUT2D eigenvalue weighted by atomic mass is 14.6. The lowest BCUT2D eigenvalue weighted by Gasteiger charge is -2.19. The molecule has 0 aliphatic heterocycles. The minimum Gasteiger partial charge on any atom is -0.328 e. The molecule has 15 heavy (non-hydrogen) atoms. The predicted octanol–water partition coefficient (Wildman–Crippen LogP) is 2.85. The number of nitrogens with two attached hydrogens (primary N) is 1. The van der Waals surface area contributed by atoms with Gasteiger partial charge in [-0.05, 0) is 62.1 Å². The summed E-state index contributed by atoms with van der Waals surface area (Å²) in [6.07, 6.45) is 7.55. The Morgan fingerprint density at radius 2 is 2.07 bits per heavy atom. The Labute approximate surface area is 92.7 Å². The van der Waals surface area contributed by atoms with E-state index in [-0.39, 0.29) is 0 Å². The van der Waals surface area contributed by atoms with Crippen molar-refractivity contribution >= 4 is 0 Å². The fourth-order valence-electron chi connectivity index (χ4n) is 2.48. The van der Waals surface area contributed by atoms with Crippen LogP contribution in [0.4, 0.5) is 0 Å². The van der Waals surface area contributed by atoms with Crippen molar-refractivity contribution in [2.45, 2.75) is 51.5 Å². The molecular formula is C14H21N. The van der Waals surface area contributed by atoms with Crippen LogP contribution in [0.1, 0.15) is 42.9 Å². The maximum Gasteiger partial charge on any atom is 0.00136 e. The van der Waals surface area contributed by atoms with E-state index in [0.717, 1.165) is 12.8 Å². The molecule has 0 aromatic heterocycles. The summed E-state index contributed by atoms with van der Waals surface area (Å²) in [5.74, 6) is 0. The summed E-state index contributed by atoms with van der Waals surface area (Å²) in [6, 6.07) is 7.11. The topological polar surface area (TPSA) is 26.0 Å². The highest BCUT2D eigenvalue weighted by Gasteiger charge is 2.12. The second-order valence-corrected chi connectivity index (χ2v) is 4.78. The first kappa shape index (κ1) is 10.7. The van der Waals surface area contributed by atoms with Crippen LogP contribution in [0, 0.1) is 0 Å². The summed E-state index contributed by atoms with van der Waals surface area (Å²) in [5, 5.41) is 0. The summed E-state index contributed by atoms with van der Waals surface area (Å²) >= 11 is 0. The van der Waals surface area contributed by atoms with Gasteiger partial charge in [0, 0.05) is 6.04 Å². The van der Waals surface area contributed by atoms with Crippen molar-refractivity contribution in [1.82, 2.24) is 0 Å². The minimum atomic E-state index is 0.324. The summed E-state index contributed by atoms with van der Waals surface area (Å²) in [5.41, 5.74) is 10.6. The lowest BCUT2D eigenvalue weighted by atomic mass is 9.86. The molecule has 1 unspecified atom stereocenters. The summed E-state index contributed by atoms with van der Waals surface area (Å²) in [7, 11) is 0. The number of benzene rings is 1. The van der Waals surface area contributed by atoms with Crippen LogP contribution in [0.25, 0.3) is 0 Å². The molecule has 0 spiro atoms. The van der Waals surface area contributed by atoms with Gasteiger partial charge in [-0.25, -0.2) is 0 Å². The van der Waals surface area contributed by atoms with Crippen molar-refractivity contribution < 1.29 is 0 Å². The smallest absolute Gasteiger partial charge is 0.00136 e. The second kappa shape index (κ2) is 4.80. The first-order valence-corrected chi connectivity index (χ1v) is 6.12. The van der Waals surface area contributed by atoms with Crippen LogP contribution in [-0.4, -0.2) is 6.04 Å². The van der Waals surface area contributed by atoms with Crippen molar-refractivity contribution in [1.29, 1.82) is 0 Å². The zero-order valence-corrected chi connectivity index (χ0v) is 9.63. The highest BCUT2D eigenvalue weighted by molar-refractivity contribution is 5.37. The first-order chi connectivity index (χ1) is 7.27. The molecule has 0 fully saturated rings. The SMILES string of the molecule is CC(N)CCc1cccc2c1CCCC2. The molecule has 2 rings (SSSR count). The Balaban J connectivity index is 2.16. The molecule has 0 amide bonds. The summed E-state index contributed by atoms with van der Waals surface area (Å²) in [4.78, 5) is 0. The molecule has 1 nitrogen and oxygen atoms in total. The third-order valence-corrected chi connectivity index (χ3v) is 3.36. The van der Waals surface area contributed by atoms with Crippen molar-refractivity contribution in [3.8, 4) is 0 Å². The fourth-order valence-corrected chi connectivity index (χ4v) is 2.48. The molecule has 1 atom stereocenters. The van der Waals surface area contributed by atoms with Crippen LogP contribution in [0.5, 0.6) is 0 Å². The van der Waals surface area contributed by atoms with Gasteiger partial charge in [-0.1, -0.05) is 18.2 Å². The summed E-state index contributed by atoms with van der Waals surface area (Å²) < 4.78 is 0. The van der Waals surface area contributed by atoms with Gasteiger partial charge in [-0.2, -0.15) is 0 Å². The minimum absolute atomic E-state index is 0.324. The van der Waals surface area contributed by atoms with Gasteiger partial charge in [-0.3, -0.25) is 0 Å². The van der Waals surface area contributed by atoms with Crippen LogP contribution in [0.3, 0.4) is 0 Å². The van der Waals surface area contributed by atoms with E-state index in [1.54, 1.807) is 16.7 Å². The Morgan fingerprint density at radius 3 is 2.87 bits per heavy atom. The zero-order valence-electron chi connectivity index (χ0n) is 9.63. The lowest BCUT2D eigenvalue weighted by Crippen LogP contribution is -2.16. The van der Waals surface area contributed by atoms with E-state index < -0.39 is 0 Å². The molecule has 1 aromatic carbocycles. The lowest BCUT2D eigenvalue weighted by molar-refractivity contribution is 0.644. The fraction of sp³-hybridized carbons (Fsp3) is 0.571. The van der Waals surface area contributed by atoms with Crippen LogP contribution in [-0.2, 0) is 19.3 Å². The monoisotopic (exact) mass is 203 g/mol. The van der Waals surface area contributed by atoms with Gasteiger partial charge in [0.15, 0.2) is 0 Å². The van der Waals surface area contributed by atoms with E-state index >= 15 is 0 Å².